The van der Waals surface area contributed by atoms with E-state index in [0.717, 1.165) is 16.5 Å². The number of nitrogens with one attached hydrogen (secondary N) is 2. The van der Waals surface area contributed by atoms with Gasteiger partial charge in [0, 0.05) is 34.1 Å². The number of fused-ring (bicyclic) bond motifs is 1. The molecular weight excluding hydrogens is 415 g/mol. The monoisotopic (exact) mass is 436 g/mol. The molecule has 0 unspecified atom stereocenters. The van der Waals surface area contributed by atoms with Gasteiger partial charge in [-0.05, 0) is 55.1 Å². The predicted octanol–water partition coefficient (Wildman–Crippen LogP) is 6.44. The molecule has 158 valence electrons. The van der Waals surface area contributed by atoms with Crippen molar-refractivity contribution in [2.45, 2.75) is 26.4 Å². The highest BCUT2D eigenvalue weighted by molar-refractivity contribution is 6.30. The van der Waals surface area contributed by atoms with Crippen LogP contribution in [0.1, 0.15) is 25.0 Å². The molecule has 0 amide bonds. The second-order valence-electron chi connectivity index (χ2n) is 7.59. The van der Waals surface area contributed by atoms with Gasteiger partial charge in [0.25, 0.3) is 5.56 Å². The van der Waals surface area contributed by atoms with Crippen LogP contribution in [0.15, 0.2) is 71.5 Å². The molecule has 0 aliphatic carbocycles. The van der Waals surface area contributed by atoms with E-state index < -0.39 is 5.82 Å². The molecule has 0 aliphatic heterocycles. The number of H-pyrrole nitrogens is 1. The Hall–Kier alpha value is -3.31. The molecule has 0 atom stereocenters. The highest BCUT2D eigenvalue weighted by atomic mass is 35.5. The van der Waals surface area contributed by atoms with Gasteiger partial charge in [-0.2, -0.15) is 0 Å². The lowest BCUT2D eigenvalue weighted by molar-refractivity contribution is 0.231. The lowest BCUT2D eigenvalue weighted by Crippen LogP contribution is -2.13. The average Bonchev–Trinajstić information content (AvgIpc) is 2.74. The lowest BCUT2D eigenvalue weighted by atomic mass is 9.99. The minimum absolute atomic E-state index is 0.129. The van der Waals surface area contributed by atoms with Crippen molar-refractivity contribution in [3.8, 4) is 5.75 Å². The van der Waals surface area contributed by atoms with Crippen LogP contribution in [0.3, 0.4) is 0 Å². The number of hydrogen-bond acceptors (Lipinski definition) is 3. The molecule has 0 aliphatic rings. The molecule has 2 N–H and O–H groups in total. The summed E-state index contributed by atoms with van der Waals surface area (Å²) in [6, 6.07) is 19.7. The number of rotatable bonds is 6. The number of anilines is 2. The van der Waals surface area contributed by atoms with Gasteiger partial charge in [-0.1, -0.05) is 41.9 Å². The normalized spacial score (nSPS) is 11.1. The zero-order chi connectivity index (χ0) is 22.0. The van der Waals surface area contributed by atoms with Crippen LogP contribution in [0, 0.1) is 5.82 Å². The fraction of sp³-hybridized carbons (Fsp3) is 0.160. The van der Waals surface area contributed by atoms with Crippen LogP contribution in [-0.2, 0) is 6.42 Å². The Morgan fingerprint density at radius 3 is 2.42 bits per heavy atom. The molecule has 0 radical (unpaired) electrons. The molecule has 0 fully saturated rings. The van der Waals surface area contributed by atoms with Crippen molar-refractivity contribution in [2.24, 2.45) is 0 Å². The van der Waals surface area contributed by atoms with E-state index in [4.69, 9.17) is 16.3 Å². The van der Waals surface area contributed by atoms with Gasteiger partial charge in [0.1, 0.15) is 5.82 Å². The van der Waals surface area contributed by atoms with Crippen molar-refractivity contribution in [1.82, 2.24) is 4.98 Å². The van der Waals surface area contributed by atoms with Gasteiger partial charge in [-0.3, -0.25) is 4.79 Å². The molecule has 1 heterocycles. The Morgan fingerprint density at radius 1 is 1.03 bits per heavy atom. The Morgan fingerprint density at radius 2 is 1.74 bits per heavy atom. The summed E-state index contributed by atoms with van der Waals surface area (Å²) in [5.74, 6) is 0.241. The van der Waals surface area contributed by atoms with Gasteiger partial charge < -0.3 is 15.0 Å². The summed E-state index contributed by atoms with van der Waals surface area (Å²) in [5.41, 5.74) is 2.24. The number of hydrogen-bond donors (Lipinski definition) is 2. The first-order chi connectivity index (χ1) is 14.9. The van der Waals surface area contributed by atoms with Crippen LogP contribution in [0.25, 0.3) is 10.8 Å². The number of aromatic nitrogens is 1. The third-order valence-corrected chi connectivity index (χ3v) is 5.15. The van der Waals surface area contributed by atoms with Crippen LogP contribution in [0.2, 0.25) is 5.02 Å². The molecule has 0 saturated carbocycles. The van der Waals surface area contributed by atoms with Crippen molar-refractivity contribution in [1.29, 1.82) is 0 Å². The Kier molecular flexibility index (Phi) is 5.96. The summed E-state index contributed by atoms with van der Waals surface area (Å²) >= 11 is 6.02. The van der Waals surface area contributed by atoms with Gasteiger partial charge in [-0.25, -0.2) is 4.39 Å². The fourth-order valence-corrected chi connectivity index (χ4v) is 3.63. The van der Waals surface area contributed by atoms with Crippen LogP contribution in [-0.4, -0.2) is 11.1 Å². The molecule has 4 aromatic rings. The minimum Gasteiger partial charge on any atom is -0.488 e. The first kappa shape index (κ1) is 20.9. The smallest absolute Gasteiger partial charge is 0.257 e. The first-order valence-corrected chi connectivity index (χ1v) is 10.4. The van der Waals surface area contributed by atoms with E-state index in [2.05, 4.69) is 10.3 Å². The Labute approximate surface area is 184 Å². The maximum absolute atomic E-state index is 14.5. The number of pyridine rings is 1. The van der Waals surface area contributed by atoms with Crippen molar-refractivity contribution >= 4 is 33.9 Å². The molecule has 31 heavy (non-hydrogen) atoms. The second kappa shape index (κ2) is 8.82. The van der Waals surface area contributed by atoms with Crippen LogP contribution in [0.5, 0.6) is 5.75 Å². The highest BCUT2D eigenvalue weighted by Gasteiger charge is 2.14. The SMILES string of the molecule is CC(C)Oc1ccc(Nc2[nH]c(=O)c3ccccc3c2Cc2ccc(Cl)cc2)cc1F. The van der Waals surface area contributed by atoms with Gasteiger partial charge in [0.2, 0.25) is 0 Å². The number of aromatic amines is 1. The van der Waals surface area contributed by atoms with Gasteiger partial charge in [0.15, 0.2) is 11.6 Å². The molecule has 6 heteroatoms. The second-order valence-corrected chi connectivity index (χ2v) is 8.03. The van der Waals surface area contributed by atoms with E-state index in [1.54, 1.807) is 18.2 Å². The maximum atomic E-state index is 14.5. The van der Waals surface area contributed by atoms with E-state index in [9.17, 15) is 9.18 Å². The van der Waals surface area contributed by atoms with E-state index >= 15 is 0 Å². The van der Waals surface area contributed by atoms with Gasteiger partial charge in [-0.15, -0.1) is 0 Å². The molecule has 0 bridgehead atoms. The van der Waals surface area contributed by atoms with Gasteiger partial charge >= 0.3 is 0 Å². The maximum Gasteiger partial charge on any atom is 0.257 e. The summed E-state index contributed by atoms with van der Waals surface area (Å²) in [4.78, 5) is 15.6. The molecule has 1 aromatic heterocycles. The molecule has 3 aromatic carbocycles. The third kappa shape index (κ3) is 4.72. The van der Waals surface area contributed by atoms with Crippen LogP contribution < -0.4 is 15.6 Å². The first-order valence-electron chi connectivity index (χ1n) is 10.0. The number of halogens is 2. The van der Waals surface area contributed by atoms with Crippen molar-refractivity contribution in [3.63, 3.8) is 0 Å². The van der Waals surface area contributed by atoms with E-state index in [0.29, 0.717) is 28.3 Å². The average molecular weight is 437 g/mol. The lowest BCUT2D eigenvalue weighted by Gasteiger charge is -2.16. The zero-order valence-electron chi connectivity index (χ0n) is 17.2. The zero-order valence-corrected chi connectivity index (χ0v) is 18.0. The number of ether oxygens (including phenoxy) is 1. The highest BCUT2D eigenvalue weighted by Crippen LogP contribution is 2.29. The third-order valence-electron chi connectivity index (χ3n) is 4.90. The van der Waals surface area contributed by atoms with E-state index in [1.165, 1.54) is 6.07 Å². The summed E-state index contributed by atoms with van der Waals surface area (Å²) < 4.78 is 19.9. The van der Waals surface area contributed by atoms with Crippen molar-refractivity contribution in [3.05, 3.63) is 99.1 Å². The van der Waals surface area contributed by atoms with Crippen LogP contribution >= 0.6 is 11.6 Å². The minimum atomic E-state index is -0.471. The van der Waals surface area contributed by atoms with E-state index in [-0.39, 0.29) is 17.4 Å². The standard InChI is InChI=1S/C25H22ClFN2O2/c1-15(2)31-23-12-11-18(14-22(23)27)28-24-21(13-16-7-9-17(26)10-8-16)19-5-3-4-6-20(19)25(30)29-24/h3-12,14-15H,13H2,1-2H3,(H2,28,29,30). The topological polar surface area (TPSA) is 54.1 Å². The molecule has 0 saturated heterocycles. The fourth-order valence-electron chi connectivity index (χ4n) is 3.50. The Balaban J connectivity index is 1.77. The summed E-state index contributed by atoms with van der Waals surface area (Å²) in [6.07, 6.45) is 0.435. The predicted molar refractivity (Wildman–Crippen MR) is 124 cm³/mol. The quantitative estimate of drug-likeness (QED) is 0.365. The summed E-state index contributed by atoms with van der Waals surface area (Å²) in [5, 5.41) is 5.28. The largest absolute Gasteiger partial charge is 0.488 e. The molecule has 0 spiro atoms. The Bertz CT molecular complexity index is 1280. The van der Waals surface area contributed by atoms with E-state index in [1.807, 2.05) is 56.3 Å². The molecule has 4 rings (SSSR count). The van der Waals surface area contributed by atoms with Crippen molar-refractivity contribution in [2.75, 3.05) is 5.32 Å². The molecular formula is C25H22ClFN2O2. The summed E-state index contributed by atoms with van der Waals surface area (Å²) in [6.45, 7) is 3.68. The van der Waals surface area contributed by atoms with Crippen LogP contribution in [0.4, 0.5) is 15.9 Å². The summed E-state index contributed by atoms with van der Waals surface area (Å²) in [7, 11) is 0. The number of benzene rings is 3. The molecule has 4 nitrogen and oxygen atoms in total. The van der Waals surface area contributed by atoms with Gasteiger partial charge in [0.05, 0.1) is 6.10 Å². The van der Waals surface area contributed by atoms with Crippen molar-refractivity contribution < 1.29 is 9.13 Å².